The van der Waals surface area contributed by atoms with Crippen LogP contribution in [-0.4, -0.2) is 20.7 Å². The third-order valence-electron chi connectivity index (χ3n) is 2.78. The van der Waals surface area contributed by atoms with Crippen LogP contribution in [0.1, 0.15) is 10.4 Å². The molecule has 2 aromatic heterocycles. The number of para-hydroxylation sites is 1. The first kappa shape index (κ1) is 12.1. The molecule has 2 heterocycles. The molecule has 20 heavy (non-hydrogen) atoms. The van der Waals surface area contributed by atoms with E-state index in [1.165, 1.54) is 6.20 Å². The molecule has 5 heteroatoms. The Morgan fingerprint density at radius 2 is 1.90 bits per heavy atom. The Morgan fingerprint density at radius 3 is 2.55 bits per heavy atom. The highest BCUT2D eigenvalue weighted by molar-refractivity contribution is 6.04. The van der Waals surface area contributed by atoms with Gasteiger partial charge in [0.15, 0.2) is 5.82 Å². The molecule has 5 nitrogen and oxygen atoms in total. The van der Waals surface area contributed by atoms with Crippen LogP contribution in [0.4, 0.5) is 5.69 Å². The van der Waals surface area contributed by atoms with Crippen molar-refractivity contribution in [3.8, 4) is 5.82 Å². The van der Waals surface area contributed by atoms with Gasteiger partial charge >= 0.3 is 0 Å². The van der Waals surface area contributed by atoms with E-state index in [1.807, 2.05) is 36.4 Å². The van der Waals surface area contributed by atoms with Crippen molar-refractivity contribution in [2.24, 2.45) is 0 Å². The third kappa shape index (κ3) is 2.56. The summed E-state index contributed by atoms with van der Waals surface area (Å²) in [6.45, 7) is 0. The van der Waals surface area contributed by atoms with Gasteiger partial charge in [-0.2, -0.15) is 5.10 Å². The van der Waals surface area contributed by atoms with Crippen molar-refractivity contribution >= 4 is 11.6 Å². The highest BCUT2D eigenvalue weighted by atomic mass is 16.1. The number of hydrogen-bond acceptors (Lipinski definition) is 3. The Morgan fingerprint density at radius 1 is 1.05 bits per heavy atom. The second-order valence-electron chi connectivity index (χ2n) is 4.18. The fourth-order valence-electron chi connectivity index (χ4n) is 1.78. The third-order valence-corrected chi connectivity index (χ3v) is 2.78. The molecule has 0 radical (unpaired) electrons. The number of nitrogens with one attached hydrogen (secondary N) is 1. The molecule has 0 saturated heterocycles. The average molecular weight is 264 g/mol. The van der Waals surface area contributed by atoms with Crippen LogP contribution in [-0.2, 0) is 0 Å². The van der Waals surface area contributed by atoms with E-state index in [0.717, 1.165) is 5.69 Å². The summed E-state index contributed by atoms with van der Waals surface area (Å²) in [5.74, 6) is 0.488. The number of pyridine rings is 1. The number of rotatable bonds is 3. The standard InChI is InChI=1S/C15H12N4O/c20-15(18-13-5-2-1-3-6-13)12-7-8-14(16-11-12)19-10-4-9-17-19/h1-11H,(H,18,20). The molecule has 1 amide bonds. The van der Waals surface area contributed by atoms with Gasteiger partial charge in [-0.3, -0.25) is 4.79 Å². The zero-order chi connectivity index (χ0) is 13.8. The summed E-state index contributed by atoms with van der Waals surface area (Å²) in [6, 6.07) is 14.6. The predicted molar refractivity (Wildman–Crippen MR) is 75.8 cm³/mol. The Bertz CT molecular complexity index is 691. The Balaban J connectivity index is 1.76. The molecule has 0 aliphatic carbocycles. The van der Waals surface area contributed by atoms with Crippen LogP contribution in [0.3, 0.4) is 0 Å². The van der Waals surface area contributed by atoms with Crippen LogP contribution in [0.15, 0.2) is 67.1 Å². The molecule has 1 aromatic carbocycles. The smallest absolute Gasteiger partial charge is 0.257 e. The summed E-state index contributed by atoms with van der Waals surface area (Å²) in [6.07, 6.45) is 5.01. The number of aromatic nitrogens is 3. The van der Waals surface area contributed by atoms with Crippen molar-refractivity contribution in [2.45, 2.75) is 0 Å². The number of amides is 1. The monoisotopic (exact) mass is 264 g/mol. The largest absolute Gasteiger partial charge is 0.322 e. The Kier molecular flexibility index (Phi) is 3.24. The van der Waals surface area contributed by atoms with Crippen molar-refractivity contribution in [1.82, 2.24) is 14.8 Å². The van der Waals surface area contributed by atoms with Gasteiger partial charge in [0, 0.05) is 24.3 Å². The van der Waals surface area contributed by atoms with Crippen molar-refractivity contribution in [1.29, 1.82) is 0 Å². The van der Waals surface area contributed by atoms with Crippen LogP contribution in [0.2, 0.25) is 0 Å². The summed E-state index contributed by atoms with van der Waals surface area (Å²) in [5.41, 5.74) is 1.26. The number of benzene rings is 1. The first-order chi connectivity index (χ1) is 9.83. The summed E-state index contributed by atoms with van der Waals surface area (Å²) in [7, 11) is 0. The van der Waals surface area contributed by atoms with Gasteiger partial charge in [0.25, 0.3) is 5.91 Å². The topological polar surface area (TPSA) is 59.8 Å². The SMILES string of the molecule is O=C(Nc1ccccc1)c1ccc(-n2cccn2)nc1. The molecule has 0 saturated carbocycles. The second kappa shape index (κ2) is 5.36. The summed E-state index contributed by atoms with van der Waals surface area (Å²) >= 11 is 0. The number of hydrogen-bond donors (Lipinski definition) is 1. The van der Waals surface area contributed by atoms with Gasteiger partial charge in [-0.05, 0) is 30.3 Å². The van der Waals surface area contributed by atoms with Gasteiger partial charge in [-0.15, -0.1) is 0 Å². The van der Waals surface area contributed by atoms with Crippen LogP contribution >= 0.6 is 0 Å². The normalized spacial score (nSPS) is 10.2. The van der Waals surface area contributed by atoms with Crippen LogP contribution in [0.5, 0.6) is 0 Å². The molecule has 0 fully saturated rings. The molecule has 3 rings (SSSR count). The fourth-order valence-corrected chi connectivity index (χ4v) is 1.78. The molecule has 3 aromatic rings. The van der Waals surface area contributed by atoms with Crippen molar-refractivity contribution in [2.75, 3.05) is 5.32 Å². The Hall–Kier alpha value is -2.95. The summed E-state index contributed by atoms with van der Waals surface area (Å²) < 4.78 is 1.64. The van der Waals surface area contributed by atoms with Crippen LogP contribution in [0, 0.1) is 0 Å². The lowest BCUT2D eigenvalue weighted by atomic mass is 10.2. The maximum Gasteiger partial charge on any atom is 0.257 e. The van der Waals surface area contributed by atoms with Crippen molar-refractivity contribution < 1.29 is 4.79 Å². The molecule has 0 bridgehead atoms. The first-order valence-corrected chi connectivity index (χ1v) is 6.15. The number of carbonyl (C=O) groups is 1. The van der Waals surface area contributed by atoms with E-state index in [0.29, 0.717) is 11.4 Å². The van der Waals surface area contributed by atoms with Gasteiger partial charge in [0.05, 0.1) is 5.56 Å². The lowest BCUT2D eigenvalue weighted by Crippen LogP contribution is -2.12. The maximum atomic E-state index is 12.0. The van der Waals surface area contributed by atoms with Gasteiger partial charge in [0.1, 0.15) is 0 Å². The lowest BCUT2D eigenvalue weighted by Gasteiger charge is -2.05. The van der Waals surface area contributed by atoms with E-state index in [2.05, 4.69) is 15.4 Å². The molecular weight excluding hydrogens is 252 g/mol. The minimum atomic E-state index is -0.185. The molecule has 0 aliphatic heterocycles. The van der Waals surface area contributed by atoms with Crippen molar-refractivity contribution in [3.63, 3.8) is 0 Å². The number of nitrogens with zero attached hydrogens (tertiary/aromatic N) is 3. The van der Waals surface area contributed by atoms with E-state index >= 15 is 0 Å². The quantitative estimate of drug-likeness (QED) is 0.790. The lowest BCUT2D eigenvalue weighted by molar-refractivity contribution is 0.102. The summed E-state index contributed by atoms with van der Waals surface area (Å²) in [5, 5.41) is 6.89. The van der Waals surface area contributed by atoms with E-state index in [1.54, 1.807) is 29.2 Å². The van der Waals surface area contributed by atoms with E-state index in [4.69, 9.17) is 0 Å². The molecule has 0 spiro atoms. The zero-order valence-electron chi connectivity index (χ0n) is 10.6. The minimum Gasteiger partial charge on any atom is -0.322 e. The van der Waals surface area contributed by atoms with Crippen molar-refractivity contribution in [3.05, 3.63) is 72.7 Å². The molecular formula is C15H12N4O. The van der Waals surface area contributed by atoms with Crippen LogP contribution < -0.4 is 5.32 Å². The molecule has 0 aliphatic rings. The van der Waals surface area contributed by atoms with E-state index < -0.39 is 0 Å². The molecule has 0 unspecified atom stereocenters. The van der Waals surface area contributed by atoms with Crippen LogP contribution in [0.25, 0.3) is 5.82 Å². The second-order valence-corrected chi connectivity index (χ2v) is 4.18. The van der Waals surface area contributed by atoms with E-state index in [-0.39, 0.29) is 5.91 Å². The highest BCUT2D eigenvalue weighted by Gasteiger charge is 2.07. The Labute approximate surface area is 115 Å². The molecule has 98 valence electrons. The minimum absolute atomic E-state index is 0.185. The van der Waals surface area contributed by atoms with E-state index in [9.17, 15) is 4.79 Å². The first-order valence-electron chi connectivity index (χ1n) is 6.15. The van der Waals surface area contributed by atoms with Gasteiger partial charge in [-0.25, -0.2) is 9.67 Å². The average Bonchev–Trinajstić information content (AvgIpc) is 3.03. The number of carbonyl (C=O) groups excluding carboxylic acids is 1. The summed E-state index contributed by atoms with van der Waals surface area (Å²) in [4.78, 5) is 16.3. The zero-order valence-corrected chi connectivity index (χ0v) is 10.6. The highest BCUT2D eigenvalue weighted by Crippen LogP contribution is 2.09. The predicted octanol–water partition coefficient (Wildman–Crippen LogP) is 2.52. The maximum absolute atomic E-state index is 12.0. The van der Waals surface area contributed by atoms with Gasteiger partial charge in [0.2, 0.25) is 0 Å². The molecule has 1 N–H and O–H groups in total. The fraction of sp³-hybridized carbons (Fsp3) is 0. The number of anilines is 1. The van der Waals surface area contributed by atoms with Gasteiger partial charge in [-0.1, -0.05) is 18.2 Å². The molecule has 0 atom stereocenters. The van der Waals surface area contributed by atoms with Gasteiger partial charge < -0.3 is 5.32 Å².